The van der Waals surface area contributed by atoms with Gasteiger partial charge in [-0.05, 0) is 6.92 Å². The van der Waals surface area contributed by atoms with E-state index in [1.165, 1.54) is 0 Å². The molecule has 0 aliphatic heterocycles. The Morgan fingerprint density at radius 3 is 2.64 bits per heavy atom. The van der Waals surface area contributed by atoms with Gasteiger partial charge in [0.25, 0.3) is 0 Å². The molecule has 0 saturated heterocycles. The number of nitrogens with two attached hydrogens (primary N) is 1. The second-order valence-corrected chi connectivity index (χ2v) is 2.93. The number of imidazole rings is 1. The maximum Gasteiger partial charge on any atom is 0.223 e. The van der Waals surface area contributed by atoms with Crippen LogP contribution in [0.4, 0.5) is 5.95 Å². The summed E-state index contributed by atoms with van der Waals surface area (Å²) in [6, 6.07) is 0. The van der Waals surface area contributed by atoms with Crippen LogP contribution < -0.4 is 5.73 Å². The van der Waals surface area contributed by atoms with Crippen LogP contribution in [-0.4, -0.2) is 24.5 Å². The summed E-state index contributed by atoms with van der Waals surface area (Å²) in [5.41, 5.74) is 5.52. The lowest BCUT2D eigenvalue weighted by atomic mass is 10.5. The fourth-order valence-electron chi connectivity index (χ4n) is 1.18. The van der Waals surface area contributed by atoms with Crippen molar-refractivity contribution < 1.29 is 0 Å². The van der Waals surface area contributed by atoms with Gasteiger partial charge in [-0.1, -0.05) is 0 Å². The van der Waals surface area contributed by atoms with E-state index >= 15 is 0 Å². The van der Waals surface area contributed by atoms with Crippen LogP contribution in [-0.2, 0) is 7.05 Å². The van der Waals surface area contributed by atoms with Gasteiger partial charge < -0.3 is 10.3 Å². The molecule has 2 aromatic rings. The van der Waals surface area contributed by atoms with Crippen molar-refractivity contribution in [3.63, 3.8) is 0 Å². The number of aromatic nitrogens is 5. The van der Waals surface area contributed by atoms with Gasteiger partial charge in [-0.2, -0.15) is 9.97 Å². The molecule has 2 N–H and O–H groups in total. The quantitative estimate of drug-likeness (QED) is 0.692. The summed E-state index contributed by atoms with van der Waals surface area (Å²) in [7, 11) is 1.87. The van der Waals surface area contributed by atoms with Gasteiger partial charge >= 0.3 is 0 Å². The van der Waals surface area contributed by atoms with Crippen molar-refractivity contribution in [1.82, 2.24) is 24.5 Å². The number of anilines is 1. The zero-order chi connectivity index (χ0) is 10.1. The molecular formula is C8H10N6. The normalized spacial score (nSPS) is 10.4. The summed E-state index contributed by atoms with van der Waals surface area (Å²) < 4.78 is 1.83. The molecule has 14 heavy (non-hydrogen) atoms. The third-order valence-corrected chi connectivity index (χ3v) is 1.79. The molecule has 2 rings (SSSR count). The second kappa shape index (κ2) is 3.06. The lowest BCUT2D eigenvalue weighted by molar-refractivity contribution is 0.891. The summed E-state index contributed by atoms with van der Waals surface area (Å²) in [4.78, 5) is 16.2. The monoisotopic (exact) mass is 190 g/mol. The molecule has 0 fully saturated rings. The summed E-state index contributed by atoms with van der Waals surface area (Å²) >= 11 is 0. The Morgan fingerprint density at radius 2 is 2.07 bits per heavy atom. The second-order valence-electron chi connectivity index (χ2n) is 2.93. The topological polar surface area (TPSA) is 82.5 Å². The highest BCUT2D eigenvalue weighted by molar-refractivity contribution is 5.45. The smallest absolute Gasteiger partial charge is 0.223 e. The lowest BCUT2D eigenvalue weighted by Gasteiger charge is -2.01. The van der Waals surface area contributed by atoms with Crippen molar-refractivity contribution >= 4 is 5.95 Å². The summed E-state index contributed by atoms with van der Waals surface area (Å²) in [5, 5.41) is 0. The first-order chi connectivity index (χ1) is 6.66. The average molecular weight is 190 g/mol. The van der Waals surface area contributed by atoms with Gasteiger partial charge in [0, 0.05) is 19.4 Å². The Hall–Kier alpha value is -1.98. The highest BCUT2D eigenvalue weighted by Gasteiger charge is 2.08. The van der Waals surface area contributed by atoms with Crippen molar-refractivity contribution in [3.8, 4) is 11.6 Å². The molecule has 0 atom stereocenters. The number of nitrogen functional groups attached to an aromatic ring is 1. The predicted molar refractivity (Wildman–Crippen MR) is 51.2 cm³/mol. The van der Waals surface area contributed by atoms with Crippen LogP contribution in [0.5, 0.6) is 0 Å². The molecule has 0 aliphatic carbocycles. The summed E-state index contributed by atoms with van der Waals surface area (Å²) in [6.45, 7) is 1.77. The van der Waals surface area contributed by atoms with Gasteiger partial charge in [0.15, 0.2) is 5.82 Å². The van der Waals surface area contributed by atoms with E-state index in [1.54, 1.807) is 13.1 Å². The van der Waals surface area contributed by atoms with E-state index in [0.29, 0.717) is 17.5 Å². The molecule has 2 aromatic heterocycles. The molecule has 2 heterocycles. The van der Waals surface area contributed by atoms with Gasteiger partial charge in [-0.25, -0.2) is 9.97 Å². The van der Waals surface area contributed by atoms with E-state index in [9.17, 15) is 0 Å². The minimum atomic E-state index is 0.218. The van der Waals surface area contributed by atoms with Crippen molar-refractivity contribution in [2.24, 2.45) is 7.05 Å². The van der Waals surface area contributed by atoms with Crippen LogP contribution in [0.15, 0.2) is 12.4 Å². The zero-order valence-corrected chi connectivity index (χ0v) is 7.97. The minimum absolute atomic E-state index is 0.218. The molecule has 6 nitrogen and oxygen atoms in total. The van der Waals surface area contributed by atoms with Crippen LogP contribution in [0.1, 0.15) is 5.82 Å². The molecule has 0 saturated carbocycles. The maximum absolute atomic E-state index is 5.52. The molecule has 6 heteroatoms. The van der Waals surface area contributed by atoms with Gasteiger partial charge in [0.1, 0.15) is 5.82 Å². The molecule has 0 spiro atoms. The number of rotatable bonds is 1. The van der Waals surface area contributed by atoms with Crippen LogP contribution in [0.3, 0.4) is 0 Å². The molecule has 0 bridgehead atoms. The maximum atomic E-state index is 5.52. The minimum Gasteiger partial charge on any atom is -0.368 e. The van der Waals surface area contributed by atoms with Gasteiger partial charge in [0.05, 0.1) is 0 Å². The molecule has 0 aliphatic rings. The van der Waals surface area contributed by atoms with Crippen molar-refractivity contribution in [3.05, 3.63) is 18.2 Å². The van der Waals surface area contributed by atoms with Crippen molar-refractivity contribution in [1.29, 1.82) is 0 Å². The molecular weight excluding hydrogens is 180 g/mol. The molecule has 0 radical (unpaired) electrons. The summed E-state index contributed by atoms with van der Waals surface area (Å²) in [6.07, 6.45) is 3.51. The lowest BCUT2D eigenvalue weighted by Crippen LogP contribution is -2.04. The Balaban J connectivity index is 2.57. The highest BCUT2D eigenvalue weighted by Crippen LogP contribution is 2.11. The highest BCUT2D eigenvalue weighted by atomic mass is 15.1. The third kappa shape index (κ3) is 1.41. The predicted octanol–water partition coefficient (Wildman–Crippen LogP) is 0.163. The van der Waals surface area contributed by atoms with E-state index in [0.717, 1.165) is 0 Å². The van der Waals surface area contributed by atoms with E-state index in [1.807, 2.05) is 17.8 Å². The van der Waals surface area contributed by atoms with Gasteiger partial charge in [-0.3, -0.25) is 0 Å². The van der Waals surface area contributed by atoms with Crippen LogP contribution in [0.25, 0.3) is 11.6 Å². The Kier molecular flexibility index (Phi) is 1.88. The average Bonchev–Trinajstić information content (AvgIpc) is 2.49. The zero-order valence-electron chi connectivity index (χ0n) is 7.97. The van der Waals surface area contributed by atoms with Gasteiger partial charge in [0.2, 0.25) is 11.8 Å². The Bertz CT molecular complexity index is 440. The van der Waals surface area contributed by atoms with Crippen molar-refractivity contribution in [2.45, 2.75) is 6.92 Å². The van der Waals surface area contributed by atoms with Gasteiger partial charge in [-0.15, -0.1) is 0 Å². The molecule has 0 amide bonds. The number of hydrogen-bond donors (Lipinski definition) is 1. The number of nitrogens with zero attached hydrogens (tertiary/aromatic N) is 5. The Labute approximate surface area is 80.9 Å². The number of aryl methyl sites for hydroxylation is 2. The van der Waals surface area contributed by atoms with Crippen molar-refractivity contribution in [2.75, 3.05) is 5.73 Å². The van der Waals surface area contributed by atoms with E-state index < -0.39 is 0 Å². The standard InChI is InChI=1S/C8H10N6/c1-5-11-6(13-8(9)12-5)7-10-3-4-14(7)2/h3-4H,1-2H3,(H2,9,11,12,13). The first-order valence-electron chi connectivity index (χ1n) is 4.12. The van der Waals surface area contributed by atoms with E-state index in [-0.39, 0.29) is 5.95 Å². The largest absolute Gasteiger partial charge is 0.368 e. The fourth-order valence-corrected chi connectivity index (χ4v) is 1.18. The van der Waals surface area contributed by atoms with Crippen LogP contribution in [0.2, 0.25) is 0 Å². The van der Waals surface area contributed by atoms with E-state index in [4.69, 9.17) is 5.73 Å². The fraction of sp³-hybridized carbons (Fsp3) is 0.250. The Morgan fingerprint density at radius 1 is 1.29 bits per heavy atom. The SMILES string of the molecule is Cc1nc(N)nc(-c2nccn2C)n1. The molecule has 0 unspecified atom stereocenters. The molecule has 0 aromatic carbocycles. The van der Waals surface area contributed by atoms with Crippen LogP contribution in [0, 0.1) is 6.92 Å². The first-order valence-corrected chi connectivity index (χ1v) is 4.12. The molecule has 72 valence electrons. The first kappa shape index (κ1) is 8.61. The summed E-state index contributed by atoms with van der Waals surface area (Å²) in [5.74, 6) is 2.00. The van der Waals surface area contributed by atoms with Crippen LogP contribution >= 0.6 is 0 Å². The number of hydrogen-bond acceptors (Lipinski definition) is 5. The third-order valence-electron chi connectivity index (χ3n) is 1.79. The van der Waals surface area contributed by atoms with E-state index in [2.05, 4.69) is 19.9 Å².